The third-order valence-corrected chi connectivity index (χ3v) is 6.86. The molecule has 1 heterocycles. The van der Waals surface area contributed by atoms with Gasteiger partial charge in [-0.05, 0) is 56.8 Å². The zero-order chi connectivity index (χ0) is 20.5. The van der Waals surface area contributed by atoms with Gasteiger partial charge in [0.2, 0.25) is 0 Å². The molecule has 0 radical (unpaired) electrons. The van der Waals surface area contributed by atoms with Crippen molar-refractivity contribution in [2.45, 2.75) is 78.3 Å². The fraction of sp³-hybridized carbons (Fsp3) is 0.750. The third kappa shape index (κ3) is 3.33. The third-order valence-electron chi connectivity index (χ3n) is 6.86. The van der Waals surface area contributed by atoms with Gasteiger partial charge in [0.25, 0.3) is 5.56 Å². The van der Waals surface area contributed by atoms with Crippen LogP contribution in [0, 0.1) is 10.8 Å². The summed E-state index contributed by atoms with van der Waals surface area (Å²) >= 11 is 0. The molecule has 3 aliphatic carbocycles. The van der Waals surface area contributed by atoms with Crippen LogP contribution in [-0.2, 0) is 17.9 Å². The van der Waals surface area contributed by atoms with Crippen molar-refractivity contribution in [1.29, 1.82) is 0 Å². The van der Waals surface area contributed by atoms with Gasteiger partial charge in [0, 0.05) is 19.6 Å². The molecule has 3 saturated carbocycles. The van der Waals surface area contributed by atoms with Gasteiger partial charge in [-0.2, -0.15) is 0 Å². The number of nitrogen functional groups attached to an aromatic ring is 1. The lowest BCUT2D eigenvalue weighted by atomic mass is 9.53. The number of carboxylic acid groups (broad SMARTS) is 1. The SMILES string of the molecule is CCCn1c(N)c(NCC23CCC(C(=O)O)(CC2)CC3)c(=O)n(CCC)c1=O. The van der Waals surface area contributed by atoms with Crippen LogP contribution in [0.2, 0.25) is 0 Å². The highest BCUT2D eigenvalue weighted by Crippen LogP contribution is 2.56. The summed E-state index contributed by atoms with van der Waals surface area (Å²) in [6.45, 7) is 5.31. The highest BCUT2D eigenvalue weighted by Gasteiger charge is 2.52. The molecule has 0 unspecified atom stereocenters. The minimum absolute atomic E-state index is 0.00259. The van der Waals surface area contributed by atoms with E-state index in [2.05, 4.69) is 5.32 Å². The molecule has 1 aromatic rings. The van der Waals surface area contributed by atoms with Crippen LogP contribution >= 0.6 is 0 Å². The van der Waals surface area contributed by atoms with E-state index in [9.17, 15) is 19.5 Å². The Morgan fingerprint density at radius 3 is 2.07 bits per heavy atom. The van der Waals surface area contributed by atoms with Crippen molar-refractivity contribution in [3.8, 4) is 0 Å². The molecule has 0 amide bonds. The predicted octanol–water partition coefficient (Wildman–Crippen LogP) is 2.25. The van der Waals surface area contributed by atoms with Crippen LogP contribution in [0.15, 0.2) is 9.59 Å². The van der Waals surface area contributed by atoms with Gasteiger partial charge >= 0.3 is 11.7 Å². The number of aliphatic carboxylic acids is 1. The number of nitrogens with two attached hydrogens (primary N) is 1. The summed E-state index contributed by atoms with van der Waals surface area (Å²) in [5, 5.41) is 12.8. The van der Waals surface area contributed by atoms with E-state index in [4.69, 9.17) is 5.73 Å². The summed E-state index contributed by atoms with van der Waals surface area (Å²) in [6.07, 6.45) is 6.01. The van der Waals surface area contributed by atoms with Gasteiger partial charge in [0.1, 0.15) is 11.5 Å². The zero-order valence-electron chi connectivity index (χ0n) is 16.9. The summed E-state index contributed by atoms with van der Waals surface area (Å²) in [5.74, 6) is -0.473. The van der Waals surface area contributed by atoms with Gasteiger partial charge in [0.05, 0.1) is 5.41 Å². The Bertz CT molecular complexity index is 846. The fourth-order valence-corrected chi connectivity index (χ4v) is 4.87. The van der Waals surface area contributed by atoms with Crippen LogP contribution in [-0.4, -0.2) is 26.8 Å². The van der Waals surface area contributed by atoms with Gasteiger partial charge in [0.15, 0.2) is 0 Å². The molecule has 1 aromatic heterocycles. The molecule has 28 heavy (non-hydrogen) atoms. The molecule has 0 aliphatic heterocycles. The largest absolute Gasteiger partial charge is 0.481 e. The van der Waals surface area contributed by atoms with Gasteiger partial charge in [-0.3, -0.25) is 18.7 Å². The molecule has 4 N–H and O–H groups in total. The molecular weight excluding hydrogens is 360 g/mol. The molecule has 3 fully saturated rings. The minimum atomic E-state index is -0.674. The smallest absolute Gasteiger partial charge is 0.332 e. The molecule has 8 nitrogen and oxygen atoms in total. The van der Waals surface area contributed by atoms with Gasteiger partial charge in [-0.15, -0.1) is 0 Å². The standard InChI is InChI=1S/C20H32N4O4/c1-3-11-23-15(21)14(16(25)24(12-4-2)18(23)28)22-13-19-5-8-20(9-6-19,10-7-19)17(26)27/h22H,3-13,21H2,1-2H3,(H,26,27). The second-order valence-corrected chi connectivity index (χ2v) is 8.59. The molecule has 8 heteroatoms. The van der Waals surface area contributed by atoms with Crippen molar-refractivity contribution in [2.75, 3.05) is 17.6 Å². The van der Waals surface area contributed by atoms with E-state index in [1.165, 1.54) is 9.13 Å². The number of fused-ring (bicyclic) bond motifs is 3. The molecule has 0 atom stereocenters. The summed E-state index contributed by atoms with van der Waals surface area (Å²) in [7, 11) is 0. The van der Waals surface area contributed by atoms with E-state index in [0.717, 1.165) is 25.7 Å². The molecule has 3 aliphatic rings. The van der Waals surface area contributed by atoms with Gasteiger partial charge < -0.3 is 16.2 Å². The van der Waals surface area contributed by atoms with E-state index in [-0.39, 0.29) is 22.5 Å². The van der Waals surface area contributed by atoms with Crippen LogP contribution in [0.25, 0.3) is 0 Å². The monoisotopic (exact) mass is 392 g/mol. The molecule has 4 rings (SSSR count). The number of carboxylic acids is 1. The summed E-state index contributed by atoms with van der Waals surface area (Å²) < 4.78 is 2.75. The Morgan fingerprint density at radius 1 is 1.04 bits per heavy atom. The minimum Gasteiger partial charge on any atom is -0.481 e. The van der Waals surface area contributed by atoms with Crippen molar-refractivity contribution < 1.29 is 9.90 Å². The Balaban J connectivity index is 1.86. The van der Waals surface area contributed by atoms with E-state index < -0.39 is 11.4 Å². The van der Waals surface area contributed by atoms with Crippen LogP contribution < -0.4 is 22.3 Å². The number of hydrogen-bond acceptors (Lipinski definition) is 5. The van der Waals surface area contributed by atoms with E-state index in [1.807, 2.05) is 13.8 Å². The van der Waals surface area contributed by atoms with Crippen LogP contribution in [0.5, 0.6) is 0 Å². The van der Waals surface area contributed by atoms with Gasteiger partial charge in [-0.1, -0.05) is 13.8 Å². The maximum atomic E-state index is 12.9. The topological polar surface area (TPSA) is 119 Å². The maximum Gasteiger partial charge on any atom is 0.332 e. The number of carbonyl (C=O) groups is 1. The van der Waals surface area contributed by atoms with E-state index in [1.54, 1.807) is 0 Å². The number of aromatic nitrogens is 2. The predicted molar refractivity (Wildman–Crippen MR) is 109 cm³/mol. The Morgan fingerprint density at radius 2 is 1.57 bits per heavy atom. The summed E-state index contributed by atoms with van der Waals surface area (Å²) in [5.41, 5.74) is 5.25. The normalized spacial score (nSPS) is 26.4. The quantitative estimate of drug-likeness (QED) is 0.624. The first-order valence-electron chi connectivity index (χ1n) is 10.4. The number of anilines is 2. The highest BCUT2D eigenvalue weighted by atomic mass is 16.4. The van der Waals surface area contributed by atoms with Crippen LogP contribution in [0.3, 0.4) is 0 Å². The van der Waals surface area contributed by atoms with Crippen molar-refractivity contribution in [2.24, 2.45) is 10.8 Å². The highest BCUT2D eigenvalue weighted by molar-refractivity contribution is 5.75. The molecule has 0 aromatic carbocycles. The van der Waals surface area contributed by atoms with Crippen molar-refractivity contribution >= 4 is 17.5 Å². The average Bonchev–Trinajstić information content (AvgIpc) is 2.70. The lowest BCUT2D eigenvalue weighted by molar-refractivity contribution is -0.158. The van der Waals surface area contributed by atoms with E-state index >= 15 is 0 Å². The van der Waals surface area contributed by atoms with Crippen LogP contribution in [0.4, 0.5) is 11.5 Å². The number of rotatable bonds is 8. The number of nitrogens with one attached hydrogen (secondary N) is 1. The Kier molecular flexibility index (Phi) is 5.59. The van der Waals surface area contributed by atoms with E-state index in [0.29, 0.717) is 51.0 Å². The first-order valence-corrected chi connectivity index (χ1v) is 10.4. The Hall–Kier alpha value is -2.25. The molecule has 2 bridgehead atoms. The molecular formula is C20H32N4O4. The second-order valence-electron chi connectivity index (χ2n) is 8.59. The average molecular weight is 393 g/mol. The summed E-state index contributed by atoms with van der Waals surface area (Å²) in [6, 6.07) is 0. The number of nitrogens with zero attached hydrogens (tertiary/aromatic N) is 2. The molecule has 0 spiro atoms. The molecule has 0 saturated heterocycles. The first kappa shape index (κ1) is 20.5. The van der Waals surface area contributed by atoms with Crippen LogP contribution in [0.1, 0.15) is 65.2 Å². The second kappa shape index (κ2) is 7.64. The lowest BCUT2D eigenvalue weighted by Crippen LogP contribution is -2.49. The van der Waals surface area contributed by atoms with Crippen molar-refractivity contribution in [3.63, 3.8) is 0 Å². The lowest BCUT2D eigenvalue weighted by Gasteiger charge is -2.51. The number of hydrogen-bond donors (Lipinski definition) is 3. The molecule has 156 valence electrons. The summed E-state index contributed by atoms with van der Waals surface area (Å²) in [4.78, 5) is 37.2. The first-order chi connectivity index (χ1) is 13.3. The Labute approximate surface area is 164 Å². The van der Waals surface area contributed by atoms with Crippen molar-refractivity contribution in [1.82, 2.24) is 9.13 Å². The maximum absolute atomic E-state index is 12.9. The van der Waals surface area contributed by atoms with Crippen molar-refractivity contribution in [3.05, 3.63) is 20.8 Å². The fourth-order valence-electron chi connectivity index (χ4n) is 4.87. The van der Waals surface area contributed by atoms with Gasteiger partial charge in [-0.25, -0.2) is 4.79 Å². The zero-order valence-corrected chi connectivity index (χ0v) is 16.9.